The Bertz CT molecular complexity index is 665. The van der Waals surface area contributed by atoms with E-state index in [-0.39, 0.29) is 36.7 Å². The Hall–Kier alpha value is -2.29. The number of carbonyl (C=O) groups excluding carboxylic acids is 2. The number of halogens is 3. The molecule has 2 N–H and O–H groups in total. The maximum atomic E-state index is 12.2. The van der Waals surface area contributed by atoms with Gasteiger partial charge in [0.1, 0.15) is 5.75 Å². The van der Waals surface area contributed by atoms with E-state index in [1.54, 1.807) is 11.9 Å². The molecule has 1 aromatic rings. The number of nitrogens with one attached hydrogen (secondary N) is 2. The van der Waals surface area contributed by atoms with E-state index in [1.807, 2.05) is 0 Å². The Kier molecular flexibility index (Phi) is 7.68. The van der Waals surface area contributed by atoms with Crippen molar-refractivity contribution < 1.29 is 27.5 Å². The van der Waals surface area contributed by atoms with E-state index in [0.29, 0.717) is 11.6 Å². The maximum absolute atomic E-state index is 12.2. The molecule has 0 spiro atoms. The predicted octanol–water partition coefficient (Wildman–Crippen LogP) is 3.15. The highest BCUT2D eigenvalue weighted by molar-refractivity contribution is 5.92. The summed E-state index contributed by atoms with van der Waals surface area (Å²) >= 11 is 0. The summed E-state index contributed by atoms with van der Waals surface area (Å²) in [6.45, 7) is 2.20. The second kappa shape index (κ2) is 9.77. The van der Waals surface area contributed by atoms with Gasteiger partial charge < -0.3 is 15.4 Å². The van der Waals surface area contributed by atoms with E-state index in [9.17, 15) is 22.8 Å². The molecule has 6 nitrogen and oxygen atoms in total. The summed E-state index contributed by atoms with van der Waals surface area (Å²) in [4.78, 5) is 25.8. The number of hydrogen-bond acceptors (Lipinski definition) is 4. The van der Waals surface area contributed by atoms with Crippen molar-refractivity contribution in [3.05, 3.63) is 24.3 Å². The number of amides is 2. The summed E-state index contributed by atoms with van der Waals surface area (Å²) < 4.78 is 40.2. The number of likely N-dealkylation sites (N-methyl/N-ethyl adjacent to an activating group) is 1. The molecule has 9 heteroatoms. The zero-order valence-corrected chi connectivity index (χ0v) is 16.0. The highest BCUT2D eigenvalue weighted by Crippen LogP contribution is 2.24. The van der Waals surface area contributed by atoms with Crippen LogP contribution in [0.1, 0.15) is 32.6 Å². The fourth-order valence-corrected chi connectivity index (χ4v) is 3.27. The lowest BCUT2D eigenvalue weighted by Gasteiger charge is -2.30. The molecule has 0 heterocycles. The Morgan fingerprint density at radius 2 is 1.71 bits per heavy atom. The van der Waals surface area contributed by atoms with Crippen LogP contribution in [0.2, 0.25) is 0 Å². The van der Waals surface area contributed by atoms with Crippen LogP contribution in [-0.4, -0.2) is 49.3 Å². The van der Waals surface area contributed by atoms with E-state index in [0.717, 1.165) is 31.4 Å². The van der Waals surface area contributed by atoms with Gasteiger partial charge in [-0.05, 0) is 50.1 Å². The number of anilines is 1. The average molecular weight is 401 g/mol. The molecule has 1 aliphatic carbocycles. The quantitative estimate of drug-likeness (QED) is 0.736. The molecule has 2 amide bonds. The molecule has 1 aliphatic rings. The van der Waals surface area contributed by atoms with Gasteiger partial charge in [0.2, 0.25) is 11.8 Å². The topological polar surface area (TPSA) is 70.7 Å². The first kappa shape index (κ1) is 22.0. The second-order valence-corrected chi connectivity index (χ2v) is 7.23. The van der Waals surface area contributed by atoms with Crippen LogP contribution in [0.25, 0.3) is 0 Å². The predicted molar refractivity (Wildman–Crippen MR) is 98.8 cm³/mol. The zero-order valence-electron chi connectivity index (χ0n) is 16.0. The van der Waals surface area contributed by atoms with Crippen LogP contribution in [0, 0.1) is 5.92 Å². The second-order valence-electron chi connectivity index (χ2n) is 7.23. The van der Waals surface area contributed by atoms with Crippen LogP contribution < -0.4 is 15.4 Å². The van der Waals surface area contributed by atoms with Crippen LogP contribution in [0.4, 0.5) is 18.9 Å². The third-order valence-corrected chi connectivity index (χ3v) is 4.66. The lowest BCUT2D eigenvalue weighted by Crippen LogP contribution is -2.46. The molecule has 0 aromatic heterocycles. The third kappa shape index (κ3) is 7.75. The SMILES string of the molecule is C[C@@H]1CCCC[C@@H]1NC(=O)CN(C)CC(=O)Nc1ccc(OC(F)(F)F)cc1. The smallest absolute Gasteiger partial charge is 0.406 e. The average Bonchev–Trinajstić information content (AvgIpc) is 2.57. The zero-order chi connectivity index (χ0) is 20.7. The van der Waals surface area contributed by atoms with Crippen LogP contribution in [-0.2, 0) is 9.59 Å². The molecular formula is C19H26F3N3O3. The molecule has 0 saturated heterocycles. The molecule has 156 valence electrons. The third-order valence-electron chi connectivity index (χ3n) is 4.66. The van der Waals surface area contributed by atoms with Gasteiger partial charge in [-0.25, -0.2) is 0 Å². The number of nitrogens with zero attached hydrogens (tertiary/aromatic N) is 1. The first-order valence-electron chi connectivity index (χ1n) is 9.26. The maximum Gasteiger partial charge on any atom is 0.573 e. The summed E-state index contributed by atoms with van der Waals surface area (Å²) in [5.74, 6) is -0.402. The van der Waals surface area contributed by atoms with Crippen LogP contribution >= 0.6 is 0 Å². The van der Waals surface area contributed by atoms with E-state index in [2.05, 4.69) is 22.3 Å². The number of hydrogen-bond donors (Lipinski definition) is 2. The van der Waals surface area contributed by atoms with Gasteiger partial charge >= 0.3 is 6.36 Å². The van der Waals surface area contributed by atoms with Gasteiger partial charge in [0.05, 0.1) is 13.1 Å². The largest absolute Gasteiger partial charge is 0.573 e. The fourth-order valence-electron chi connectivity index (χ4n) is 3.27. The summed E-state index contributed by atoms with van der Waals surface area (Å²) in [5, 5.41) is 5.60. The minimum Gasteiger partial charge on any atom is -0.406 e. The minimum absolute atomic E-state index is 0.0194. The summed E-state index contributed by atoms with van der Waals surface area (Å²) in [6.07, 6.45) is -0.373. The van der Waals surface area contributed by atoms with Crippen molar-refractivity contribution in [1.82, 2.24) is 10.2 Å². The van der Waals surface area contributed by atoms with Crippen molar-refractivity contribution >= 4 is 17.5 Å². The van der Waals surface area contributed by atoms with Crippen molar-refractivity contribution in [2.75, 3.05) is 25.5 Å². The van der Waals surface area contributed by atoms with Crippen LogP contribution in [0.3, 0.4) is 0 Å². The summed E-state index contributed by atoms with van der Waals surface area (Å²) in [7, 11) is 1.66. The normalized spacial score (nSPS) is 19.9. The van der Waals surface area contributed by atoms with Gasteiger partial charge in [-0.15, -0.1) is 13.2 Å². The van der Waals surface area contributed by atoms with Crippen molar-refractivity contribution in [3.63, 3.8) is 0 Å². The molecule has 1 fully saturated rings. The first-order valence-corrected chi connectivity index (χ1v) is 9.26. The van der Waals surface area contributed by atoms with Crippen LogP contribution in [0.15, 0.2) is 24.3 Å². The Morgan fingerprint density at radius 1 is 1.11 bits per heavy atom. The number of rotatable bonds is 7. The molecule has 1 aromatic carbocycles. The van der Waals surface area contributed by atoms with Gasteiger partial charge in [-0.2, -0.15) is 0 Å². The van der Waals surface area contributed by atoms with E-state index >= 15 is 0 Å². The van der Waals surface area contributed by atoms with Crippen molar-refractivity contribution in [1.29, 1.82) is 0 Å². The van der Waals surface area contributed by atoms with Gasteiger partial charge in [0.15, 0.2) is 0 Å². The lowest BCUT2D eigenvalue weighted by atomic mass is 9.86. The van der Waals surface area contributed by atoms with Crippen molar-refractivity contribution in [2.24, 2.45) is 5.92 Å². The van der Waals surface area contributed by atoms with Crippen LogP contribution in [0.5, 0.6) is 5.75 Å². The van der Waals surface area contributed by atoms with Crippen molar-refractivity contribution in [3.8, 4) is 5.75 Å². The standard InChI is InChI=1S/C19H26F3N3O3/c1-13-5-3-4-6-16(13)24-18(27)12-25(2)11-17(26)23-14-7-9-15(10-8-14)28-19(20,21)22/h7-10,13,16H,3-6,11-12H2,1-2H3,(H,23,26)(H,24,27)/t13-,16+/m1/s1. The lowest BCUT2D eigenvalue weighted by molar-refractivity contribution is -0.274. The first-order chi connectivity index (χ1) is 13.1. The molecular weight excluding hydrogens is 375 g/mol. The van der Waals surface area contributed by atoms with E-state index in [1.165, 1.54) is 18.6 Å². The Balaban J connectivity index is 1.75. The molecule has 0 unspecified atom stereocenters. The van der Waals surface area contributed by atoms with E-state index in [4.69, 9.17) is 0 Å². The highest BCUT2D eigenvalue weighted by Gasteiger charge is 2.31. The molecule has 28 heavy (non-hydrogen) atoms. The number of carbonyl (C=O) groups is 2. The molecule has 0 bridgehead atoms. The molecule has 2 rings (SSSR count). The van der Waals surface area contributed by atoms with Crippen molar-refractivity contribution in [2.45, 2.75) is 45.0 Å². The fraction of sp³-hybridized carbons (Fsp3) is 0.579. The summed E-state index contributed by atoms with van der Waals surface area (Å²) in [6, 6.07) is 5.05. The van der Waals surface area contributed by atoms with Gasteiger partial charge in [-0.3, -0.25) is 14.5 Å². The number of ether oxygens (including phenoxy) is 1. The van der Waals surface area contributed by atoms with E-state index < -0.39 is 6.36 Å². The van der Waals surface area contributed by atoms with Gasteiger partial charge in [0, 0.05) is 11.7 Å². The van der Waals surface area contributed by atoms with Gasteiger partial charge in [-0.1, -0.05) is 19.8 Å². The molecule has 0 aliphatic heterocycles. The summed E-state index contributed by atoms with van der Waals surface area (Å²) in [5.41, 5.74) is 0.341. The monoisotopic (exact) mass is 401 g/mol. The molecule has 1 saturated carbocycles. The minimum atomic E-state index is -4.76. The molecule has 0 radical (unpaired) electrons. The highest BCUT2D eigenvalue weighted by atomic mass is 19.4. The Labute approximate surface area is 162 Å². The van der Waals surface area contributed by atoms with Gasteiger partial charge in [0.25, 0.3) is 0 Å². The number of alkyl halides is 3. The molecule has 2 atom stereocenters. The Morgan fingerprint density at radius 3 is 2.32 bits per heavy atom. The number of benzene rings is 1.